The van der Waals surface area contributed by atoms with Gasteiger partial charge >= 0.3 is 5.97 Å². The van der Waals surface area contributed by atoms with E-state index in [-0.39, 0.29) is 18.8 Å². The Morgan fingerprint density at radius 2 is 1.64 bits per heavy atom. The van der Waals surface area contributed by atoms with Gasteiger partial charge in [-0.1, -0.05) is 48.5 Å². The number of hydrogen-bond acceptors (Lipinski definition) is 3. The third kappa shape index (κ3) is 4.42. The van der Waals surface area contributed by atoms with Gasteiger partial charge in [0.2, 0.25) is 0 Å². The van der Waals surface area contributed by atoms with E-state index in [1.807, 2.05) is 30.3 Å². The number of carbonyl (C=O) groups is 2. The van der Waals surface area contributed by atoms with Crippen molar-refractivity contribution in [2.45, 2.75) is 25.4 Å². The molecule has 3 nitrogen and oxygen atoms in total. The lowest BCUT2D eigenvalue weighted by Crippen LogP contribution is -2.25. The van der Waals surface area contributed by atoms with Gasteiger partial charge in [-0.05, 0) is 41.5 Å². The minimum absolute atomic E-state index is 0.0547. The zero-order valence-electron chi connectivity index (χ0n) is 15.4. The van der Waals surface area contributed by atoms with Crippen molar-refractivity contribution >= 4 is 22.5 Å². The summed E-state index contributed by atoms with van der Waals surface area (Å²) in [5, 5.41) is 1.86. The molecule has 0 aliphatic rings. The molecule has 28 heavy (non-hydrogen) atoms. The Balaban J connectivity index is 1.95. The van der Waals surface area contributed by atoms with Crippen molar-refractivity contribution in [2.75, 3.05) is 6.61 Å². The van der Waals surface area contributed by atoms with Gasteiger partial charge in [0.1, 0.15) is 5.82 Å². The SMILES string of the molecule is CCOC(=O)[C@@H](F)CC(C(=O)c1ccc2ccccc2c1)c1ccc(F)cc1. The first-order chi connectivity index (χ1) is 13.5. The smallest absolute Gasteiger partial charge is 0.340 e. The quantitative estimate of drug-likeness (QED) is 0.415. The lowest BCUT2D eigenvalue weighted by molar-refractivity contribution is -0.149. The maximum Gasteiger partial charge on any atom is 0.340 e. The minimum Gasteiger partial charge on any atom is -0.464 e. The van der Waals surface area contributed by atoms with Crippen LogP contribution < -0.4 is 0 Å². The number of benzene rings is 3. The summed E-state index contributed by atoms with van der Waals surface area (Å²) < 4.78 is 32.5. The molecule has 3 aromatic rings. The summed E-state index contributed by atoms with van der Waals surface area (Å²) in [4.78, 5) is 24.9. The van der Waals surface area contributed by atoms with E-state index in [0.29, 0.717) is 11.1 Å². The van der Waals surface area contributed by atoms with Gasteiger partial charge in [-0.25, -0.2) is 13.6 Å². The first kappa shape index (κ1) is 19.7. The monoisotopic (exact) mass is 382 g/mol. The summed E-state index contributed by atoms with van der Waals surface area (Å²) in [6.07, 6.45) is -2.31. The molecule has 0 amide bonds. The summed E-state index contributed by atoms with van der Waals surface area (Å²) in [6.45, 7) is 1.64. The maximum absolute atomic E-state index is 14.4. The second kappa shape index (κ2) is 8.74. The molecule has 0 heterocycles. The van der Waals surface area contributed by atoms with Crippen molar-refractivity contribution in [1.82, 2.24) is 0 Å². The Morgan fingerprint density at radius 3 is 2.32 bits per heavy atom. The average molecular weight is 382 g/mol. The lowest BCUT2D eigenvalue weighted by atomic mass is 9.86. The zero-order valence-corrected chi connectivity index (χ0v) is 15.4. The van der Waals surface area contributed by atoms with Gasteiger partial charge in [-0.15, -0.1) is 0 Å². The van der Waals surface area contributed by atoms with Crippen molar-refractivity contribution in [3.63, 3.8) is 0 Å². The number of fused-ring (bicyclic) bond motifs is 1. The molecule has 0 aliphatic heterocycles. The maximum atomic E-state index is 14.4. The van der Waals surface area contributed by atoms with E-state index in [0.717, 1.165) is 10.8 Å². The van der Waals surface area contributed by atoms with Crippen LogP contribution in [0.3, 0.4) is 0 Å². The molecular formula is C23H20F2O3. The number of halogens is 2. The van der Waals surface area contributed by atoms with Gasteiger partial charge in [0.25, 0.3) is 0 Å². The van der Waals surface area contributed by atoms with Gasteiger partial charge in [-0.2, -0.15) is 0 Å². The van der Waals surface area contributed by atoms with E-state index in [1.54, 1.807) is 19.1 Å². The molecule has 0 N–H and O–H groups in total. The van der Waals surface area contributed by atoms with E-state index in [2.05, 4.69) is 0 Å². The topological polar surface area (TPSA) is 43.4 Å². The first-order valence-electron chi connectivity index (χ1n) is 9.08. The molecule has 144 valence electrons. The molecule has 3 aromatic carbocycles. The number of Topliss-reactive ketones (excluding diaryl/α,β-unsaturated/α-hetero) is 1. The predicted octanol–water partition coefficient (Wildman–Crippen LogP) is 5.24. The van der Waals surface area contributed by atoms with Crippen LogP contribution in [0.4, 0.5) is 8.78 Å². The van der Waals surface area contributed by atoms with Crippen LogP contribution in [0.1, 0.15) is 35.2 Å². The van der Waals surface area contributed by atoms with E-state index in [9.17, 15) is 18.4 Å². The molecule has 0 saturated heterocycles. The normalized spacial score (nSPS) is 13.1. The van der Waals surface area contributed by atoms with E-state index >= 15 is 0 Å². The van der Waals surface area contributed by atoms with Gasteiger partial charge in [0.15, 0.2) is 12.0 Å². The standard InChI is InChI=1S/C23H20F2O3/c1-2-28-23(27)21(25)14-20(16-9-11-19(24)12-10-16)22(26)18-8-7-15-5-3-4-6-17(15)13-18/h3-13,20-21H,2,14H2,1H3/t20?,21-/m0/s1. The number of ether oxygens (including phenoxy) is 1. The molecule has 5 heteroatoms. The molecule has 2 atom stereocenters. The highest BCUT2D eigenvalue weighted by molar-refractivity contribution is 6.04. The average Bonchev–Trinajstić information content (AvgIpc) is 2.72. The zero-order chi connectivity index (χ0) is 20.1. The Morgan fingerprint density at radius 1 is 0.964 bits per heavy atom. The van der Waals surface area contributed by atoms with Gasteiger partial charge < -0.3 is 4.74 Å². The summed E-state index contributed by atoms with van der Waals surface area (Å²) in [5.74, 6) is -2.71. The summed E-state index contributed by atoms with van der Waals surface area (Å²) in [7, 11) is 0. The highest BCUT2D eigenvalue weighted by Crippen LogP contribution is 2.29. The van der Waals surface area contributed by atoms with Crippen LogP contribution in [0.2, 0.25) is 0 Å². The Hall–Kier alpha value is -3.08. The van der Waals surface area contributed by atoms with Crippen molar-refractivity contribution < 1.29 is 23.1 Å². The molecule has 0 radical (unpaired) electrons. The van der Waals surface area contributed by atoms with Crippen LogP contribution in [0.15, 0.2) is 66.7 Å². The summed E-state index contributed by atoms with van der Waals surface area (Å²) in [5.41, 5.74) is 0.857. The number of carbonyl (C=O) groups excluding carboxylic acids is 2. The van der Waals surface area contributed by atoms with Crippen LogP contribution in [0, 0.1) is 5.82 Å². The van der Waals surface area contributed by atoms with E-state index in [4.69, 9.17) is 4.74 Å². The Kier molecular flexibility index (Phi) is 6.14. The summed E-state index contributed by atoms with van der Waals surface area (Å²) in [6, 6.07) is 18.1. The Labute approximate surface area is 161 Å². The lowest BCUT2D eigenvalue weighted by Gasteiger charge is -2.18. The van der Waals surface area contributed by atoms with Gasteiger partial charge in [-0.3, -0.25) is 4.79 Å². The number of ketones is 1. The van der Waals surface area contributed by atoms with E-state index < -0.39 is 23.9 Å². The third-order valence-electron chi connectivity index (χ3n) is 4.61. The van der Waals surface area contributed by atoms with Crippen molar-refractivity contribution in [3.8, 4) is 0 Å². The van der Waals surface area contributed by atoms with Gasteiger partial charge in [0.05, 0.1) is 12.5 Å². The van der Waals surface area contributed by atoms with Crippen LogP contribution in [0.5, 0.6) is 0 Å². The second-order valence-electron chi connectivity index (χ2n) is 6.49. The van der Waals surface area contributed by atoms with Crippen LogP contribution in [-0.4, -0.2) is 24.5 Å². The highest BCUT2D eigenvalue weighted by Gasteiger charge is 2.30. The molecule has 0 fully saturated rings. The van der Waals surface area contributed by atoms with Gasteiger partial charge in [0, 0.05) is 12.0 Å². The van der Waals surface area contributed by atoms with Crippen molar-refractivity contribution in [3.05, 3.63) is 83.7 Å². The fourth-order valence-corrected chi connectivity index (χ4v) is 3.17. The highest BCUT2D eigenvalue weighted by atomic mass is 19.1. The number of hydrogen-bond donors (Lipinski definition) is 0. The number of alkyl halides is 1. The fourth-order valence-electron chi connectivity index (χ4n) is 3.17. The molecule has 0 aromatic heterocycles. The first-order valence-corrected chi connectivity index (χ1v) is 9.08. The second-order valence-corrected chi connectivity index (χ2v) is 6.49. The number of rotatable bonds is 7. The molecule has 0 saturated carbocycles. The minimum atomic E-state index is -1.94. The summed E-state index contributed by atoms with van der Waals surface area (Å²) >= 11 is 0. The largest absolute Gasteiger partial charge is 0.464 e. The third-order valence-corrected chi connectivity index (χ3v) is 4.61. The molecule has 0 aliphatic carbocycles. The molecular weight excluding hydrogens is 362 g/mol. The van der Waals surface area contributed by atoms with Crippen LogP contribution in [0.25, 0.3) is 10.8 Å². The Bertz CT molecular complexity index is 983. The molecule has 0 bridgehead atoms. The van der Waals surface area contributed by atoms with E-state index in [1.165, 1.54) is 24.3 Å². The predicted molar refractivity (Wildman–Crippen MR) is 104 cm³/mol. The molecule has 0 spiro atoms. The van der Waals surface area contributed by atoms with Crippen molar-refractivity contribution in [2.24, 2.45) is 0 Å². The molecule has 3 rings (SSSR count). The van der Waals surface area contributed by atoms with Crippen LogP contribution in [-0.2, 0) is 9.53 Å². The number of esters is 1. The molecule has 1 unspecified atom stereocenters. The van der Waals surface area contributed by atoms with Crippen LogP contribution >= 0.6 is 0 Å². The fraction of sp³-hybridized carbons (Fsp3) is 0.217. The van der Waals surface area contributed by atoms with Crippen molar-refractivity contribution in [1.29, 1.82) is 0 Å².